The fourth-order valence-electron chi connectivity index (χ4n) is 2.56. The molecule has 2 aromatic carbocycles. The van der Waals surface area contributed by atoms with Gasteiger partial charge >= 0.3 is 5.97 Å². The lowest BCUT2D eigenvalue weighted by Gasteiger charge is -2.12. The van der Waals surface area contributed by atoms with Gasteiger partial charge in [0, 0.05) is 17.7 Å². The molecule has 0 aliphatic rings. The van der Waals surface area contributed by atoms with E-state index < -0.39 is 10.9 Å². The van der Waals surface area contributed by atoms with Crippen LogP contribution in [0.1, 0.15) is 16.2 Å². The Morgan fingerprint density at radius 1 is 1.03 bits per heavy atom. The van der Waals surface area contributed by atoms with Gasteiger partial charge in [-0.1, -0.05) is 0 Å². The van der Waals surface area contributed by atoms with Crippen molar-refractivity contribution in [2.45, 2.75) is 6.61 Å². The van der Waals surface area contributed by atoms with Crippen LogP contribution < -0.4 is 14.2 Å². The maximum Gasteiger partial charge on any atom is 0.338 e. The molecular formula is C19H17N3O8. The molecule has 1 aromatic heterocycles. The van der Waals surface area contributed by atoms with Crippen molar-refractivity contribution in [1.82, 2.24) is 10.2 Å². The van der Waals surface area contributed by atoms with Crippen molar-refractivity contribution in [2.75, 3.05) is 21.3 Å². The van der Waals surface area contributed by atoms with E-state index in [4.69, 9.17) is 23.4 Å². The third kappa shape index (κ3) is 4.29. The number of carbonyl (C=O) groups is 1. The third-order valence-corrected chi connectivity index (χ3v) is 4.02. The number of nitrogens with zero attached hydrogens (tertiary/aromatic N) is 3. The number of methoxy groups -OCH3 is 3. The van der Waals surface area contributed by atoms with Gasteiger partial charge in [0.15, 0.2) is 18.1 Å². The van der Waals surface area contributed by atoms with E-state index in [-0.39, 0.29) is 29.6 Å². The molecule has 0 radical (unpaired) electrons. The van der Waals surface area contributed by atoms with Gasteiger partial charge in [0.2, 0.25) is 11.6 Å². The molecule has 1 heterocycles. The van der Waals surface area contributed by atoms with Crippen LogP contribution in [-0.2, 0) is 11.3 Å². The average molecular weight is 415 g/mol. The molecule has 0 atom stereocenters. The SMILES string of the molecule is COc1cc(-c2nnc(COC(=O)c3ccc([N+](=O)[O-])cc3)o2)cc(OC)c1OC. The van der Waals surface area contributed by atoms with Gasteiger partial charge < -0.3 is 23.4 Å². The van der Waals surface area contributed by atoms with Crippen LogP contribution in [0.15, 0.2) is 40.8 Å². The molecule has 0 amide bonds. The van der Waals surface area contributed by atoms with Crippen LogP contribution in [0, 0.1) is 10.1 Å². The summed E-state index contributed by atoms with van der Waals surface area (Å²) in [5.74, 6) is 0.787. The highest BCUT2D eigenvalue weighted by molar-refractivity contribution is 5.89. The zero-order valence-corrected chi connectivity index (χ0v) is 16.3. The van der Waals surface area contributed by atoms with Crippen LogP contribution in [0.4, 0.5) is 5.69 Å². The smallest absolute Gasteiger partial charge is 0.338 e. The predicted molar refractivity (Wildman–Crippen MR) is 102 cm³/mol. The third-order valence-electron chi connectivity index (χ3n) is 4.02. The van der Waals surface area contributed by atoms with Crippen molar-refractivity contribution < 1.29 is 33.1 Å². The molecule has 0 N–H and O–H groups in total. The second-order valence-electron chi connectivity index (χ2n) is 5.80. The number of rotatable bonds is 8. The van der Waals surface area contributed by atoms with Gasteiger partial charge in [-0.25, -0.2) is 4.79 Å². The summed E-state index contributed by atoms with van der Waals surface area (Å²) in [5, 5.41) is 18.5. The van der Waals surface area contributed by atoms with Gasteiger partial charge in [0.05, 0.1) is 31.8 Å². The lowest BCUT2D eigenvalue weighted by Crippen LogP contribution is -2.05. The quantitative estimate of drug-likeness (QED) is 0.307. The molecule has 11 heteroatoms. The largest absolute Gasteiger partial charge is 0.493 e. The average Bonchev–Trinajstić information content (AvgIpc) is 3.25. The summed E-state index contributed by atoms with van der Waals surface area (Å²) in [6, 6.07) is 8.31. The summed E-state index contributed by atoms with van der Waals surface area (Å²) in [6.45, 7) is -0.271. The van der Waals surface area contributed by atoms with Crippen molar-refractivity contribution in [1.29, 1.82) is 0 Å². The molecule has 0 fully saturated rings. The fraction of sp³-hybridized carbons (Fsp3) is 0.211. The number of hydrogen-bond donors (Lipinski definition) is 0. The summed E-state index contributed by atoms with van der Waals surface area (Å²) in [7, 11) is 4.46. The van der Waals surface area contributed by atoms with Crippen LogP contribution in [0.2, 0.25) is 0 Å². The molecular weight excluding hydrogens is 398 g/mol. The molecule has 0 saturated carbocycles. The van der Waals surface area contributed by atoms with E-state index in [1.807, 2.05) is 0 Å². The number of nitro benzene ring substituents is 1. The monoisotopic (exact) mass is 415 g/mol. The van der Waals surface area contributed by atoms with Gasteiger partial charge in [-0.3, -0.25) is 10.1 Å². The Hall–Kier alpha value is -4.15. The maximum atomic E-state index is 12.1. The van der Waals surface area contributed by atoms with Crippen molar-refractivity contribution in [2.24, 2.45) is 0 Å². The normalized spacial score (nSPS) is 10.4. The Kier molecular flexibility index (Phi) is 6.11. The van der Waals surface area contributed by atoms with E-state index in [9.17, 15) is 14.9 Å². The summed E-state index contributed by atoms with van der Waals surface area (Å²) < 4.78 is 26.5. The molecule has 11 nitrogen and oxygen atoms in total. The highest BCUT2D eigenvalue weighted by Crippen LogP contribution is 2.40. The number of carbonyl (C=O) groups excluding carboxylic acids is 1. The Morgan fingerprint density at radius 3 is 2.20 bits per heavy atom. The van der Waals surface area contributed by atoms with Crippen LogP contribution in [0.3, 0.4) is 0 Å². The molecule has 156 valence electrons. The minimum atomic E-state index is -0.683. The minimum absolute atomic E-state index is 0.0639. The Labute approximate surface area is 170 Å². The first-order chi connectivity index (χ1) is 14.5. The second kappa shape index (κ2) is 8.90. The van der Waals surface area contributed by atoms with Crippen molar-refractivity contribution in [3.63, 3.8) is 0 Å². The summed E-state index contributed by atoms with van der Waals surface area (Å²) in [4.78, 5) is 22.2. The molecule has 3 rings (SSSR count). The van der Waals surface area contributed by atoms with E-state index in [0.717, 1.165) is 0 Å². The lowest BCUT2D eigenvalue weighted by atomic mass is 10.2. The van der Waals surface area contributed by atoms with Crippen molar-refractivity contribution >= 4 is 11.7 Å². The summed E-state index contributed by atoms with van der Waals surface area (Å²) >= 11 is 0. The molecule has 30 heavy (non-hydrogen) atoms. The van der Waals surface area contributed by atoms with Crippen LogP contribution >= 0.6 is 0 Å². The molecule has 0 aliphatic heterocycles. The number of ether oxygens (including phenoxy) is 4. The summed E-state index contributed by atoms with van der Waals surface area (Å²) in [6.07, 6.45) is 0. The maximum absolute atomic E-state index is 12.1. The van der Waals surface area contributed by atoms with Crippen molar-refractivity contribution in [3.8, 4) is 28.7 Å². The molecule has 0 aliphatic carbocycles. The highest BCUT2D eigenvalue weighted by atomic mass is 16.6. The number of nitro groups is 1. The fourth-order valence-corrected chi connectivity index (χ4v) is 2.56. The molecule has 0 saturated heterocycles. The van der Waals surface area contributed by atoms with Gasteiger partial charge in [-0.05, 0) is 24.3 Å². The number of benzene rings is 2. The first-order valence-corrected chi connectivity index (χ1v) is 8.51. The van der Waals surface area contributed by atoms with Crippen LogP contribution in [0.5, 0.6) is 17.2 Å². The number of aromatic nitrogens is 2. The molecule has 0 unspecified atom stereocenters. The second-order valence-corrected chi connectivity index (χ2v) is 5.80. The Balaban J connectivity index is 1.72. The van der Waals surface area contributed by atoms with Crippen LogP contribution in [0.25, 0.3) is 11.5 Å². The van der Waals surface area contributed by atoms with Crippen molar-refractivity contribution in [3.05, 3.63) is 58.0 Å². The number of esters is 1. The van der Waals surface area contributed by atoms with Gasteiger partial charge in [-0.15, -0.1) is 10.2 Å². The standard InChI is InChI=1S/C19H17N3O8/c1-26-14-8-12(9-15(27-2)17(14)28-3)18-21-20-16(30-18)10-29-19(23)11-4-6-13(7-5-11)22(24)25/h4-9H,10H2,1-3H3. The molecule has 0 bridgehead atoms. The zero-order chi connectivity index (χ0) is 21.7. The lowest BCUT2D eigenvalue weighted by molar-refractivity contribution is -0.384. The summed E-state index contributed by atoms with van der Waals surface area (Å²) in [5.41, 5.74) is 0.549. The van der Waals surface area contributed by atoms with E-state index in [2.05, 4.69) is 10.2 Å². The Morgan fingerprint density at radius 2 is 1.67 bits per heavy atom. The van der Waals surface area contributed by atoms with Gasteiger partial charge in [0.25, 0.3) is 11.6 Å². The first-order valence-electron chi connectivity index (χ1n) is 8.51. The first kappa shape index (κ1) is 20.6. The zero-order valence-electron chi connectivity index (χ0n) is 16.3. The van der Waals surface area contributed by atoms with Crippen LogP contribution in [-0.4, -0.2) is 42.4 Å². The minimum Gasteiger partial charge on any atom is -0.493 e. The van der Waals surface area contributed by atoms with E-state index in [1.165, 1.54) is 45.6 Å². The topological polar surface area (TPSA) is 136 Å². The van der Waals surface area contributed by atoms with E-state index >= 15 is 0 Å². The van der Waals surface area contributed by atoms with Gasteiger partial charge in [0.1, 0.15) is 0 Å². The van der Waals surface area contributed by atoms with E-state index in [0.29, 0.717) is 22.8 Å². The van der Waals surface area contributed by atoms with Gasteiger partial charge in [-0.2, -0.15) is 0 Å². The molecule has 3 aromatic rings. The molecule has 0 spiro atoms. The number of non-ortho nitro benzene ring substituents is 1. The van der Waals surface area contributed by atoms with E-state index in [1.54, 1.807) is 12.1 Å². The Bertz CT molecular complexity index is 1040. The number of hydrogen-bond acceptors (Lipinski definition) is 10. The highest BCUT2D eigenvalue weighted by Gasteiger charge is 2.18. The predicted octanol–water partition coefficient (Wildman–Crippen LogP) is 3.03.